The molecule has 1 aliphatic rings. The zero-order valence-corrected chi connectivity index (χ0v) is 9.42. The van der Waals surface area contributed by atoms with Crippen LogP contribution in [0.4, 0.5) is 10.5 Å². The highest BCUT2D eigenvalue weighted by molar-refractivity contribution is 6.32. The minimum absolute atomic E-state index is 0.00613. The number of phenols is 1. The van der Waals surface area contributed by atoms with Gasteiger partial charge in [-0.05, 0) is 37.5 Å². The second-order valence-electron chi connectivity index (χ2n) is 3.89. The maximum absolute atomic E-state index is 11.5. The van der Waals surface area contributed by atoms with Crippen LogP contribution >= 0.6 is 11.6 Å². The minimum atomic E-state index is -0.230. The number of hydrogen-bond donors (Lipinski definition) is 3. The van der Waals surface area contributed by atoms with Crippen LogP contribution in [0.25, 0.3) is 0 Å². The van der Waals surface area contributed by atoms with Crippen LogP contribution in [0.1, 0.15) is 19.3 Å². The van der Waals surface area contributed by atoms with Crippen LogP contribution in [0, 0.1) is 0 Å². The molecule has 5 heteroatoms. The first-order valence-corrected chi connectivity index (χ1v) is 5.59. The average Bonchev–Trinajstić information content (AvgIpc) is 2.18. The van der Waals surface area contributed by atoms with E-state index in [4.69, 9.17) is 11.6 Å². The first-order valence-electron chi connectivity index (χ1n) is 5.21. The molecule has 0 radical (unpaired) electrons. The Morgan fingerprint density at radius 1 is 1.44 bits per heavy atom. The van der Waals surface area contributed by atoms with Crippen LogP contribution < -0.4 is 10.6 Å². The van der Waals surface area contributed by atoms with Gasteiger partial charge < -0.3 is 15.7 Å². The summed E-state index contributed by atoms with van der Waals surface area (Å²) in [5.74, 6) is 0.00613. The smallest absolute Gasteiger partial charge is 0.319 e. The molecule has 1 aromatic carbocycles. The Kier molecular flexibility index (Phi) is 3.19. The molecule has 2 amide bonds. The van der Waals surface area contributed by atoms with Gasteiger partial charge in [0.2, 0.25) is 0 Å². The topological polar surface area (TPSA) is 61.4 Å². The molecule has 0 aromatic heterocycles. The summed E-state index contributed by atoms with van der Waals surface area (Å²) in [5, 5.41) is 14.9. The Morgan fingerprint density at radius 3 is 2.75 bits per heavy atom. The molecular formula is C11H13ClN2O2. The predicted molar refractivity (Wildman–Crippen MR) is 62.9 cm³/mol. The summed E-state index contributed by atoms with van der Waals surface area (Å²) in [7, 11) is 0. The largest absolute Gasteiger partial charge is 0.506 e. The van der Waals surface area contributed by atoms with E-state index in [1.807, 2.05) is 0 Å². The lowest BCUT2D eigenvalue weighted by molar-refractivity contribution is 0.240. The standard InChI is InChI=1S/C11H13ClN2O2/c12-9-6-8(4-5-10(9)15)14-11(16)13-7-2-1-3-7/h4-7,15H,1-3H2,(H2,13,14,16). The Labute approximate surface area is 98.6 Å². The maximum atomic E-state index is 11.5. The molecule has 0 bridgehead atoms. The number of aromatic hydroxyl groups is 1. The van der Waals surface area contributed by atoms with Crippen molar-refractivity contribution in [2.75, 3.05) is 5.32 Å². The summed E-state index contributed by atoms with van der Waals surface area (Å²) >= 11 is 5.72. The van der Waals surface area contributed by atoms with Gasteiger partial charge in [0, 0.05) is 11.7 Å². The van der Waals surface area contributed by atoms with Crippen molar-refractivity contribution in [3.05, 3.63) is 23.2 Å². The zero-order chi connectivity index (χ0) is 11.5. The molecule has 4 nitrogen and oxygen atoms in total. The predicted octanol–water partition coefficient (Wildman–Crippen LogP) is 2.72. The van der Waals surface area contributed by atoms with Crippen LogP contribution in [-0.2, 0) is 0 Å². The molecule has 1 aliphatic carbocycles. The van der Waals surface area contributed by atoms with Crippen LogP contribution in [0.3, 0.4) is 0 Å². The molecule has 16 heavy (non-hydrogen) atoms. The summed E-state index contributed by atoms with van der Waals surface area (Å²) in [6.07, 6.45) is 3.27. The van der Waals surface area contributed by atoms with Gasteiger partial charge in [0.25, 0.3) is 0 Å². The average molecular weight is 241 g/mol. The number of phenolic OH excluding ortho intramolecular Hbond substituents is 1. The Bertz CT molecular complexity index is 405. The van der Waals surface area contributed by atoms with E-state index in [1.165, 1.54) is 18.6 Å². The molecule has 0 heterocycles. The number of urea groups is 1. The van der Waals surface area contributed by atoms with Crippen molar-refractivity contribution in [2.45, 2.75) is 25.3 Å². The van der Waals surface area contributed by atoms with Gasteiger partial charge in [0.05, 0.1) is 5.02 Å². The highest BCUT2D eigenvalue weighted by Gasteiger charge is 2.19. The Balaban J connectivity index is 1.92. The van der Waals surface area contributed by atoms with Gasteiger partial charge >= 0.3 is 6.03 Å². The highest BCUT2D eigenvalue weighted by atomic mass is 35.5. The minimum Gasteiger partial charge on any atom is -0.506 e. The second-order valence-corrected chi connectivity index (χ2v) is 4.30. The molecule has 2 rings (SSSR count). The van der Waals surface area contributed by atoms with Gasteiger partial charge in [0.1, 0.15) is 5.75 Å². The molecule has 86 valence electrons. The number of carbonyl (C=O) groups is 1. The summed E-state index contributed by atoms with van der Waals surface area (Å²) in [5.41, 5.74) is 0.569. The monoisotopic (exact) mass is 240 g/mol. The third kappa shape index (κ3) is 2.58. The summed E-state index contributed by atoms with van der Waals surface area (Å²) in [4.78, 5) is 11.5. The van der Waals surface area contributed by atoms with Gasteiger partial charge in [0.15, 0.2) is 0 Å². The van der Waals surface area contributed by atoms with Crippen molar-refractivity contribution in [1.29, 1.82) is 0 Å². The fourth-order valence-corrected chi connectivity index (χ4v) is 1.67. The van der Waals surface area contributed by atoms with Crippen molar-refractivity contribution in [2.24, 2.45) is 0 Å². The molecule has 0 unspecified atom stereocenters. The fraction of sp³-hybridized carbons (Fsp3) is 0.364. The number of carbonyl (C=O) groups excluding carboxylic acids is 1. The maximum Gasteiger partial charge on any atom is 0.319 e. The lowest BCUT2D eigenvalue weighted by Crippen LogP contribution is -2.41. The van der Waals surface area contributed by atoms with E-state index in [0.717, 1.165) is 12.8 Å². The van der Waals surface area contributed by atoms with Crippen molar-refractivity contribution >= 4 is 23.3 Å². The van der Waals surface area contributed by atoms with E-state index in [-0.39, 0.29) is 16.8 Å². The Hall–Kier alpha value is -1.42. The first kappa shape index (κ1) is 11.1. The van der Waals surface area contributed by atoms with Crippen molar-refractivity contribution in [1.82, 2.24) is 5.32 Å². The number of halogens is 1. The number of amides is 2. The van der Waals surface area contributed by atoms with E-state index >= 15 is 0 Å². The zero-order valence-electron chi connectivity index (χ0n) is 8.66. The van der Waals surface area contributed by atoms with Crippen molar-refractivity contribution in [3.8, 4) is 5.75 Å². The van der Waals surface area contributed by atoms with Gasteiger partial charge in [-0.3, -0.25) is 0 Å². The second kappa shape index (κ2) is 4.61. The lowest BCUT2D eigenvalue weighted by atomic mass is 9.93. The molecule has 0 atom stereocenters. The molecule has 0 aliphatic heterocycles. The molecule has 0 spiro atoms. The number of rotatable bonds is 2. The lowest BCUT2D eigenvalue weighted by Gasteiger charge is -2.26. The normalized spacial score (nSPS) is 15.3. The van der Waals surface area contributed by atoms with E-state index in [0.29, 0.717) is 11.7 Å². The Morgan fingerprint density at radius 2 is 2.19 bits per heavy atom. The molecular weight excluding hydrogens is 228 g/mol. The van der Waals surface area contributed by atoms with Crippen LogP contribution in [0.2, 0.25) is 5.02 Å². The highest BCUT2D eigenvalue weighted by Crippen LogP contribution is 2.26. The van der Waals surface area contributed by atoms with Crippen molar-refractivity contribution < 1.29 is 9.90 Å². The van der Waals surface area contributed by atoms with E-state index < -0.39 is 0 Å². The summed E-state index contributed by atoms with van der Waals surface area (Å²) < 4.78 is 0. The molecule has 0 saturated heterocycles. The summed E-state index contributed by atoms with van der Waals surface area (Å²) in [6.45, 7) is 0. The van der Waals surface area contributed by atoms with Crippen LogP contribution in [0.5, 0.6) is 5.75 Å². The van der Waals surface area contributed by atoms with Gasteiger partial charge in [-0.1, -0.05) is 11.6 Å². The SMILES string of the molecule is O=C(Nc1ccc(O)c(Cl)c1)NC1CCC1. The molecule has 3 N–H and O–H groups in total. The van der Waals surface area contributed by atoms with Gasteiger partial charge in [-0.15, -0.1) is 0 Å². The van der Waals surface area contributed by atoms with Crippen LogP contribution in [0.15, 0.2) is 18.2 Å². The van der Waals surface area contributed by atoms with Gasteiger partial charge in [-0.25, -0.2) is 4.79 Å². The molecule has 1 fully saturated rings. The van der Waals surface area contributed by atoms with Crippen LogP contribution in [-0.4, -0.2) is 17.2 Å². The van der Waals surface area contributed by atoms with E-state index in [2.05, 4.69) is 10.6 Å². The number of benzene rings is 1. The number of nitrogens with one attached hydrogen (secondary N) is 2. The number of anilines is 1. The van der Waals surface area contributed by atoms with E-state index in [1.54, 1.807) is 6.07 Å². The third-order valence-corrected chi connectivity index (χ3v) is 2.95. The molecule has 1 saturated carbocycles. The van der Waals surface area contributed by atoms with Crippen molar-refractivity contribution in [3.63, 3.8) is 0 Å². The molecule has 1 aromatic rings. The fourth-order valence-electron chi connectivity index (χ4n) is 1.49. The third-order valence-electron chi connectivity index (χ3n) is 2.65. The van der Waals surface area contributed by atoms with E-state index in [9.17, 15) is 9.90 Å². The first-order chi connectivity index (χ1) is 7.65. The number of hydrogen-bond acceptors (Lipinski definition) is 2. The summed E-state index contributed by atoms with van der Waals surface area (Å²) in [6, 6.07) is 4.62. The van der Waals surface area contributed by atoms with Gasteiger partial charge in [-0.2, -0.15) is 0 Å². The quantitative estimate of drug-likeness (QED) is 0.696.